The number of hydrogen-bond acceptors (Lipinski definition) is 3. The fourth-order valence-electron chi connectivity index (χ4n) is 6.41. The van der Waals surface area contributed by atoms with Gasteiger partial charge in [-0.15, -0.1) is 0 Å². The number of hydrogen-bond donors (Lipinski definition) is 0. The summed E-state index contributed by atoms with van der Waals surface area (Å²) in [6.07, 6.45) is 8.63. The second-order valence-electron chi connectivity index (χ2n) is 9.93. The second kappa shape index (κ2) is 7.05. The summed E-state index contributed by atoms with van der Waals surface area (Å²) in [4.78, 5) is 28.8. The third-order valence-electron chi connectivity index (χ3n) is 7.12. The first-order valence-electron chi connectivity index (χ1n) is 10.6. The maximum atomic E-state index is 13.0. The highest BCUT2D eigenvalue weighted by molar-refractivity contribution is 5.77. The zero-order chi connectivity index (χ0) is 18.3. The smallest absolute Gasteiger partial charge is 0.409 e. The molecule has 1 aliphatic heterocycles. The van der Waals surface area contributed by atoms with Crippen molar-refractivity contribution in [1.82, 2.24) is 9.80 Å². The van der Waals surface area contributed by atoms with Crippen molar-refractivity contribution in [2.24, 2.45) is 29.1 Å². The Bertz CT molecular complexity index is 516. The molecule has 0 aromatic rings. The van der Waals surface area contributed by atoms with E-state index in [-0.39, 0.29) is 6.09 Å². The lowest BCUT2D eigenvalue weighted by atomic mass is 9.49. The van der Waals surface area contributed by atoms with Crippen LogP contribution in [0, 0.1) is 29.1 Å². The van der Waals surface area contributed by atoms with Gasteiger partial charge in [0.05, 0.1) is 6.61 Å². The number of carbonyl (C=O) groups excluding carboxylic acids is 2. The first-order valence-corrected chi connectivity index (χ1v) is 10.6. The van der Waals surface area contributed by atoms with Crippen molar-refractivity contribution < 1.29 is 14.3 Å². The molecule has 26 heavy (non-hydrogen) atoms. The van der Waals surface area contributed by atoms with Crippen LogP contribution >= 0.6 is 0 Å². The van der Waals surface area contributed by atoms with Gasteiger partial charge in [-0.1, -0.05) is 13.8 Å². The van der Waals surface area contributed by atoms with E-state index in [1.807, 2.05) is 18.7 Å². The standard InChI is InChI=1S/C21H34N2O3/c1-15(2)14-26-20(25)23-5-3-22(4-6-23)19(24)13-21-10-16-7-17(11-21)9-18(8-16)12-21/h15-18H,3-14H2,1-2H3. The Morgan fingerprint density at radius 1 is 0.923 bits per heavy atom. The van der Waals surface area contributed by atoms with E-state index in [0.29, 0.717) is 50.0 Å². The van der Waals surface area contributed by atoms with Crippen molar-refractivity contribution in [3.05, 3.63) is 0 Å². The van der Waals surface area contributed by atoms with Crippen LogP contribution in [-0.4, -0.2) is 54.6 Å². The average Bonchev–Trinajstić information content (AvgIpc) is 2.58. The van der Waals surface area contributed by atoms with Gasteiger partial charge in [0.15, 0.2) is 0 Å². The number of amides is 2. The highest BCUT2D eigenvalue weighted by atomic mass is 16.6. The predicted octanol–water partition coefficient (Wildman–Crippen LogP) is 3.53. The Morgan fingerprint density at radius 2 is 1.42 bits per heavy atom. The van der Waals surface area contributed by atoms with Crippen LogP contribution in [0.4, 0.5) is 4.79 Å². The molecule has 5 fully saturated rings. The van der Waals surface area contributed by atoms with E-state index in [2.05, 4.69) is 0 Å². The topological polar surface area (TPSA) is 49.9 Å². The van der Waals surface area contributed by atoms with Gasteiger partial charge in [0.1, 0.15) is 0 Å². The fourth-order valence-corrected chi connectivity index (χ4v) is 6.41. The molecule has 0 N–H and O–H groups in total. The van der Waals surface area contributed by atoms with Crippen LogP contribution in [0.15, 0.2) is 0 Å². The molecule has 2 amide bonds. The molecule has 5 rings (SSSR count). The van der Waals surface area contributed by atoms with Gasteiger partial charge < -0.3 is 14.5 Å². The molecule has 0 radical (unpaired) electrons. The van der Waals surface area contributed by atoms with Gasteiger partial charge in [-0.2, -0.15) is 0 Å². The van der Waals surface area contributed by atoms with E-state index in [1.54, 1.807) is 4.90 Å². The third kappa shape index (κ3) is 3.72. The molecule has 4 saturated carbocycles. The van der Waals surface area contributed by atoms with Crippen molar-refractivity contribution in [3.63, 3.8) is 0 Å². The molecule has 0 unspecified atom stereocenters. The quantitative estimate of drug-likeness (QED) is 0.769. The lowest BCUT2D eigenvalue weighted by Gasteiger charge is -2.57. The molecular weight excluding hydrogens is 328 g/mol. The summed E-state index contributed by atoms with van der Waals surface area (Å²) in [5.74, 6) is 3.34. The summed E-state index contributed by atoms with van der Waals surface area (Å²) >= 11 is 0. The van der Waals surface area contributed by atoms with E-state index in [1.165, 1.54) is 38.5 Å². The summed E-state index contributed by atoms with van der Waals surface area (Å²) < 4.78 is 5.31. The minimum Gasteiger partial charge on any atom is -0.449 e. The Balaban J connectivity index is 1.27. The number of piperazine rings is 1. The molecule has 146 valence electrons. The van der Waals surface area contributed by atoms with E-state index in [9.17, 15) is 9.59 Å². The zero-order valence-electron chi connectivity index (χ0n) is 16.4. The van der Waals surface area contributed by atoms with Gasteiger partial charge in [-0.25, -0.2) is 4.79 Å². The van der Waals surface area contributed by atoms with Crippen molar-refractivity contribution in [2.75, 3.05) is 32.8 Å². The molecular formula is C21H34N2O3. The van der Waals surface area contributed by atoms with Crippen LogP contribution in [0.1, 0.15) is 58.8 Å². The first kappa shape index (κ1) is 18.1. The molecule has 0 spiro atoms. The molecule has 0 aromatic heterocycles. The highest BCUT2D eigenvalue weighted by Gasteiger charge is 2.51. The first-order chi connectivity index (χ1) is 12.4. The summed E-state index contributed by atoms with van der Waals surface area (Å²) in [7, 11) is 0. The van der Waals surface area contributed by atoms with E-state index >= 15 is 0 Å². The minimum atomic E-state index is -0.230. The Kier molecular flexibility index (Phi) is 4.91. The number of rotatable bonds is 4. The summed E-state index contributed by atoms with van der Waals surface area (Å²) in [6, 6.07) is 0. The molecule has 1 heterocycles. The van der Waals surface area contributed by atoms with Gasteiger partial charge in [-0.05, 0) is 67.6 Å². The van der Waals surface area contributed by atoms with E-state index < -0.39 is 0 Å². The summed E-state index contributed by atoms with van der Waals surface area (Å²) in [5, 5.41) is 0. The predicted molar refractivity (Wildman–Crippen MR) is 99.6 cm³/mol. The lowest BCUT2D eigenvalue weighted by molar-refractivity contribution is -0.141. The van der Waals surface area contributed by atoms with Gasteiger partial charge in [0.25, 0.3) is 0 Å². The number of carbonyl (C=O) groups is 2. The molecule has 5 aliphatic rings. The van der Waals surface area contributed by atoms with Crippen LogP contribution < -0.4 is 0 Å². The lowest BCUT2D eigenvalue weighted by Crippen LogP contribution is -2.53. The Labute approximate surface area is 157 Å². The average molecular weight is 363 g/mol. The fraction of sp³-hybridized carbons (Fsp3) is 0.905. The second-order valence-corrected chi connectivity index (χ2v) is 9.93. The summed E-state index contributed by atoms with van der Waals surface area (Å²) in [5.41, 5.74) is 0.305. The van der Waals surface area contributed by atoms with Gasteiger partial charge in [-0.3, -0.25) is 4.79 Å². The molecule has 5 heteroatoms. The van der Waals surface area contributed by atoms with Crippen LogP contribution in [0.25, 0.3) is 0 Å². The van der Waals surface area contributed by atoms with Crippen LogP contribution in [0.3, 0.4) is 0 Å². The molecule has 1 saturated heterocycles. The monoisotopic (exact) mass is 362 g/mol. The van der Waals surface area contributed by atoms with Crippen molar-refractivity contribution in [3.8, 4) is 0 Å². The molecule has 5 nitrogen and oxygen atoms in total. The molecule has 4 aliphatic carbocycles. The van der Waals surface area contributed by atoms with Gasteiger partial charge in [0.2, 0.25) is 5.91 Å². The van der Waals surface area contributed by atoms with Crippen LogP contribution in [-0.2, 0) is 9.53 Å². The molecule has 4 bridgehead atoms. The molecule has 0 aromatic carbocycles. The summed E-state index contributed by atoms with van der Waals surface area (Å²) in [6.45, 7) is 7.05. The maximum Gasteiger partial charge on any atom is 0.409 e. The van der Waals surface area contributed by atoms with Gasteiger partial charge >= 0.3 is 6.09 Å². The van der Waals surface area contributed by atoms with Crippen molar-refractivity contribution in [2.45, 2.75) is 58.8 Å². The highest BCUT2D eigenvalue weighted by Crippen LogP contribution is 2.61. The Morgan fingerprint density at radius 3 is 1.92 bits per heavy atom. The minimum absolute atomic E-state index is 0.230. The van der Waals surface area contributed by atoms with Crippen LogP contribution in [0.2, 0.25) is 0 Å². The number of ether oxygens (including phenoxy) is 1. The van der Waals surface area contributed by atoms with Crippen molar-refractivity contribution in [1.29, 1.82) is 0 Å². The van der Waals surface area contributed by atoms with Crippen LogP contribution in [0.5, 0.6) is 0 Å². The third-order valence-corrected chi connectivity index (χ3v) is 7.12. The Hall–Kier alpha value is -1.26. The van der Waals surface area contributed by atoms with E-state index in [4.69, 9.17) is 4.74 Å². The maximum absolute atomic E-state index is 13.0. The SMILES string of the molecule is CC(C)COC(=O)N1CCN(C(=O)CC23CC4CC(CC(C4)C2)C3)CC1. The van der Waals surface area contributed by atoms with Gasteiger partial charge in [0, 0.05) is 32.6 Å². The van der Waals surface area contributed by atoms with E-state index in [0.717, 1.165) is 24.2 Å². The zero-order valence-corrected chi connectivity index (χ0v) is 16.4. The number of nitrogens with zero attached hydrogens (tertiary/aromatic N) is 2. The van der Waals surface area contributed by atoms with Crippen molar-refractivity contribution >= 4 is 12.0 Å². The normalized spacial score (nSPS) is 35.9. The molecule has 0 atom stereocenters. The largest absolute Gasteiger partial charge is 0.449 e.